The minimum atomic E-state index is -0.235. The number of furan rings is 1. The summed E-state index contributed by atoms with van der Waals surface area (Å²) in [4.78, 5) is 0. The third kappa shape index (κ3) is 2.58. The molecule has 1 heterocycles. The van der Waals surface area contributed by atoms with Crippen molar-refractivity contribution in [3.8, 4) is 0 Å². The summed E-state index contributed by atoms with van der Waals surface area (Å²) in [6.07, 6.45) is 0.624. The number of hydrogen-bond donors (Lipinski definition) is 1. The summed E-state index contributed by atoms with van der Waals surface area (Å²) in [7, 11) is 0. The van der Waals surface area contributed by atoms with Crippen molar-refractivity contribution < 1.29 is 8.81 Å². The van der Waals surface area contributed by atoms with Crippen LogP contribution in [-0.2, 0) is 6.42 Å². The Morgan fingerprint density at radius 1 is 1.10 bits per heavy atom. The van der Waals surface area contributed by atoms with Gasteiger partial charge in [-0.2, -0.15) is 0 Å². The van der Waals surface area contributed by atoms with Gasteiger partial charge in [0.15, 0.2) is 0 Å². The molecule has 1 unspecified atom stereocenters. The Labute approximate surface area is 117 Å². The van der Waals surface area contributed by atoms with Gasteiger partial charge in [0.25, 0.3) is 0 Å². The van der Waals surface area contributed by atoms with Gasteiger partial charge in [-0.25, -0.2) is 4.39 Å². The molecule has 0 aliphatic heterocycles. The molecule has 0 fully saturated rings. The molecule has 2 N–H and O–H groups in total. The first-order valence-electron chi connectivity index (χ1n) is 6.62. The SMILES string of the molecule is Cc1ccc2oc(C(N)Cc3ccc(F)cc3)cc2c1. The molecule has 3 aromatic rings. The lowest BCUT2D eigenvalue weighted by molar-refractivity contribution is 0.494. The summed E-state index contributed by atoms with van der Waals surface area (Å²) in [5, 5.41) is 1.06. The molecular formula is C17H16FNO. The van der Waals surface area contributed by atoms with E-state index in [-0.39, 0.29) is 11.9 Å². The quantitative estimate of drug-likeness (QED) is 0.776. The topological polar surface area (TPSA) is 39.2 Å². The van der Waals surface area contributed by atoms with E-state index in [1.165, 1.54) is 17.7 Å². The average Bonchev–Trinajstić information content (AvgIpc) is 2.84. The molecule has 0 saturated carbocycles. The van der Waals surface area contributed by atoms with Crippen LogP contribution in [-0.4, -0.2) is 0 Å². The van der Waals surface area contributed by atoms with Crippen LogP contribution in [0.2, 0.25) is 0 Å². The second-order valence-corrected chi connectivity index (χ2v) is 5.13. The maximum atomic E-state index is 12.9. The monoisotopic (exact) mass is 269 g/mol. The van der Waals surface area contributed by atoms with Gasteiger partial charge in [-0.05, 0) is 49.2 Å². The normalized spacial score (nSPS) is 12.8. The van der Waals surface area contributed by atoms with Crippen LogP contribution in [0.1, 0.15) is 22.9 Å². The van der Waals surface area contributed by atoms with E-state index in [2.05, 4.69) is 6.07 Å². The Morgan fingerprint density at radius 2 is 1.85 bits per heavy atom. The highest BCUT2D eigenvalue weighted by molar-refractivity contribution is 5.78. The van der Waals surface area contributed by atoms with E-state index in [1.54, 1.807) is 12.1 Å². The van der Waals surface area contributed by atoms with Crippen LogP contribution in [0.3, 0.4) is 0 Å². The minimum Gasteiger partial charge on any atom is -0.459 e. The van der Waals surface area contributed by atoms with Gasteiger partial charge in [0.2, 0.25) is 0 Å². The molecule has 1 aromatic heterocycles. The molecule has 0 spiro atoms. The number of rotatable bonds is 3. The molecule has 2 nitrogen and oxygen atoms in total. The summed E-state index contributed by atoms with van der Waals surface area (Å²) in [6, 6.07) is 14.2. The summed E-state index contributed by atoms with van der Waals surface area (Å²) in [5.74, 6) is 0.524. The fourth-order valence-corrected chi connectivity index (χ4v) is 2.34. The smallest absolute Gasteiger partial charge is 0.134 e. The van der Waals surface area contributed by atoms with Crippen molar-refractivity contribution in [2.24, 2.45) is 5.73 Å². The van der Waals surface area contributed by atoms with Gasteiger partial charge in [-0.1, -0.05) is 23.8 Å². The second kappa shape index (κ2) is 5.10. The summed E-state index contributed by atoms with van der Waals surface area (Å²) in [5.41, 5.74) is 9.21. The number of nitrogens with two attached hydrogens (primary N) is 1. The zero-order valence-electron chi connectivity index (χ0n) is 11.3. The molecule has 2 aromatic carbocycles. The van der Waals surface area contributed by atoms with Crippen LogP contribution in [0, 0.1) is 12.7 Å². The Morgan fingerprint density at radius 3 is 2.60 bits per heavy atom. The first-order chi connectivity index (χ1) is 9.61. The van der Waals surface area contributed by atoms with Crippen molar-refractivity contribution in [1.29, 1.82) is 0 Å². The predicted octanol–water partition coefficient (Wildman–Crippen LogP) is 4.12. The van der Waals surface area contributed by atoms with Gasteiger partial charge in [0.1, 0.15) is 17.2 Å². The van der Waals surface area contributed by atoms with Crippen molar-refractivity contribution in [3.05, 3.63) is 71.2 Å². The van der Waals surface area contributed by atoms with Crippen LogP contribution < -0.4 is 5.73 Å². The van der Waals surface area contributed by atoms with Crippen molar-refractivity contribution in [3.63, 3.8) is 0 Å². The zero-order valence-corrected chi connectivity index (χ0v) is 11.3. The number of fused-ring (bicyclic) bond motifs is 1. The third-order valence-corrected chi connectivity index (χ3v) is 3.43. The number of halogens is 1. The highest BCUT2D eigenvalue weighted by atomic mass is 19.1. The Hall–Kier alpha value is -2.13. The lowest BCUT2D eigenvalue weighted by Gasteiger charge is -2.08. The van der Waals surface area contributed by atoms with Crippen LogP contribution >= 0.6 is 0 Å². The number of hydrogen-bond acceptors (Lipinski definition) is 2. The molecule has 0 bridgehead atoms. The molecule has 0 aliphatic carbocycles. The van der Waals surface area contributed by atoms with Crippen LogP contribution in [0.4, 0.5) is 4.39 Å². The van der Waals surface area contributed by atoms with E-state index in [0.717, 1.165) is 22.3 Å². The zero-order chi connectivity index (χ0) is 14.1. The summed E-state index contributed by atoms with van der Waals surface area (Å²) < 4.78 is 18.7. The average molecular weight is 269 g/mol. The highest BCUT2D eigenvalue weighted by Gasteiger charge is 2.13. The van der Waals surface area contributed by atoms with Crippen molar-refractivity contribution in [2.75, 3.05) is 0 Å². The molecule has 102 valence electrons. The lowest BCUT2D eigenvalue weighted by Crippen LogP contribution is -2.12. The number of aryl methyl sites for hydroxylation is 1. The Bertz CT molecular complexity index is 730. The van der Waals surface area contributed by atoms with Gasteiger partial charge in [-0.3, -0.25) is 0 Å². The van der Waals surface area contributed by atoms with Crippen molar-refractivity contribution >= 4 is 11.0 Å². The van der Waals surface area contributed by atoms with Crippen LogP contribution in [0.15, 0.2) is 52.9 Å². The fraction of sp³-hybridized carbons (Fsp3) is 0.176. The first-order valence-corrected chi connectivity index (χ1v) is 6.62. The van der Waals surface area contributed by atoms with Crippen LogP contribution in [0.5, 0.6) is 0 Å². The highest BCUT2D eigenvalue weighted by Crippen LogP contribution is 2.25. The van der Waals surface area contributed by atoms with E-state index in [0.29, 0.717) is 6.42 Å². The van der Waals surface area contributed by atoms with Crippen LogP contribution in [0.25, 0.3) is 11.0 Å². The maximum Gasteiger partial charge on any atom is 0.134 e. The molecule has 20 heavy (non-hydrogen) atoms. The molecule has 1 atom stereocenters. The number of benzene rings is 2. The van der Waals surface area contributed by atoms with E-state index in [9.17, 15) is 4.39 Å². The first kappa shape index (κ1) is 12.9. The molecule has 0 radical (unpaired) electrons. The molecule has 3 heteroatoms. The van der Waals surface area contributed by atoms with E-state index in [1.807, 2.05) is 25.1 Å². The largest absolute Gasteiger partial charge is 0.459 e. The fourth-order valence-electron chi connectivity index (χ4n) is 2.34. The molecule has 0 saturated heterocycles. The summed E-state index contributed by atoms with van der Waals surface area (Å²) >= 11 is 0. The predicted molar refractivity (Wildman–Crippen MR) is 78.0 cm³/mol. The molecule has 0 amide bonds. The van der Waals surface area contributed by atoms with Gasteiger partial charge < -0.3 is 10.2 Å². The molecule has 0 aliphatic rings. The van der Waals surface area contributed by atoms with E-state index >= 15 is 0 Å². The van der Waals surface area contributed by atoms with Gasteiger partial charge in [0.05, 0.1) is 6.04 Å². The molecular weight excluding hydrogens is 253 g/mol. The minimum absolute atomic E-state index is 0.229. The third-order valence-electron chi connectivity index (χ3n) is 3.43. The maximum absolute atomic E-state index is 12.9. The Kier molecular flexibility index (Phi) is 3.28. The van der Waals surface area contributed by atoms with Gasteiger partial charge in [0, 0.05) is 5.39 Å². The van der Waals surface area contributed by atoms with Crippen molar-refractivity contribution in [2.45, 2.75) is 19.4 Å². The molecule has 3 rings (SSSR count). The van der Waals surface area contributed by atoms with Gasteiger partial charge in [-0.15, -0.1) is 0 Å². The van der Waals surface area contributed by atoms with Crippen molar-refractivity contribution in [1.82, 2.24) is 0 Å². The van der Waals surface area contributed by atoms with E-state index in [4.69, 9.17) is 10.2 Å². The van der Waals surface area contributed by atoms with Gasteiger partial charge >= 0.3 is 0 Å². The Balaban J connectivity index is 1.84. The standard InChI is InChI=1S/C17H16FNO/c1-11-2-7-16-13(8-11)10-17(20-16)15(19)9-12-3-5-14(18)6-4-12/h2-8,10,15H,9,19H2,1H3. The summed E-state index contributed by atoms with van der Waals surface area (Å²) in [6.45, 7) is 2.05. The van der Waals surface area contributed by atoms with E-state index < -0.39 is 0 Å². The second-order valence-electron chi connectivity index (χ2n) is 5.13. The lowest BCUT2D eigenvalue weighted by atomic mass is 10.0.